The third-order valence-electron chi connectivity index (χ3n) is 5.03. The summed E-state index contributed by atoms with van der Waals surface area (Å²) in [6.07, 6.45) is 3.83. The molecule has 4 rings (SSSR count). The molecule has 0 saturated heterocycles. The summed E-state index contributed by atoms with van der Waals surface area (Å²) in [5, 5.41) is 0.603. The van der Waals surface area contributed by atoms with E-state index in [2.05, 4.69) is 17.1 Å². The number of hydrogen-bond donors (Lipinski definition) is 0. The second kappa shape index (κ2) is 7.13. The summed E-state index contributed by atoms with van der Waals surface area (Å²) in [4.78, 5) is 34.7. The molecule has 0 N–H and O–H groups in total. The van der Waals surface area contributed by atoms with Crippen molar-refractivity contribution in [2.45, 2.75) is 37.8 Å². The van der Waals surface area contributed by atoms with E-state index in [4.69, 9.17) is 0 Å². The second-order valence-electron chi connectivity index (χ2n) is 6.83. The molecule has 1 aliphatic rings. The minimum atomic E-state index is -0.0611. The van der Waals surface area contributed by atoms with Crippen LogP contribution in [0.15, 0.2) is 34.0 Å². The number of nitrogens with zero attached hydrogens (tertiary/aromatic N) is 3. The molecule has 0 aliphatic carbocycles. The number of hydrogen-bond acceptors (Lipinski definition) is 5. The standard InChI is InChI=1S/C20H21N3O2S2/c1-12-16-18(21-15-5-4-10-23(15)19(16)24)27-17(12)20(25)22(2)11-13-6-8-14(26-3)9-7-13/h6-9H,4-5,10-11H2,1-3H3. The summed E-state index contributed by atoms with van der Waals surface area (Å²) in [5.41, 5.74) is 1.83. The molecule has 1 aliphatic heterocycles. The number of thiophene rings is 1. The van der Waals surface area contributed by atoms with Gasteiger partial charge in [-0.25, -0.2) is 4.98 Å². The zero-order chi connectivity index (χ0) is 19.1. The van der Waals surface area contributed by atoms with E-state index in [1.807, 2.05) is 25.3 Å². The van der Waals surface area contributed by atoms with E-state index in [1.54, 1.807) is 28.3 Å². The minimum Gasteiger partial charge on any atom is -0.337 e. The molecule has 1 amide bonds. The van der Waals surface area contributed by atoms with E-state index in [9.17, 15) is 9.59 Å². The predicted molar refractivity (Wildman–Crippen MR) is 111 cm³/mol. The number of carbonyl (C=O) groups is 1. The van der Waals surface area contributed by atoms with Gasteiger partial charge in [0, 0.05) is 31.5 Å². The fourth-order valence-electron chi connectivity index (χ4n) is 3.53. The Bertz CT molecular complexity index is 1080. The van der Waals surface area contributed by atoms with Crippen LogP contribution in [0.4, 0.5) is 0 Å². The summed E-state index contributed by atoms with van der Waals surface area (Å²) in [7, 11) is 1.80. The number of thioether (sulfide) groups is 1. The molecule has 140 valence electrons. The maximum atomic E-state index is 13.0. The zero-order valence-electron chi connectivity index (χ0n) is 15.6. The SMILES string of the molecule is CSc1ccc(CN(C)C(=O)c2sc3nc4n(c(=O)c3c2C)CCC4)cc1. The highest BCUT2D eigenvalue weighted by molar-refractivity contribution is 7.98. The number of aryl methyl sites for hydroxylation is 2. The first kappa shape index (κ1) is 18.3. The van der Waals surface area contributed by atoms with E-state index in [-0.39, 0.29) is 11.5 Å². The number of amides is 1. The third kappa shape index (κ3) is 3.19. The van der Waals surface area contributed by atoms with E-state index in [0.29, 0.717) is 21.6 Å². The number of fused-ring (bicyclic) bond motifs is 2. The Balaban J connectivity index is 1.65. The molecule has 2 aromatic heterocycles. The van der Waals surface area contributed by atoms with Crippen LogP contribution >= 0.6 is 23.1 Å². The van der Waals surface area contributed by atoms with E-state index >= 15 is 0 Å². The van der Waals surface area contributed by atoms with Crippen LogP contribution in [0.1, 0.15) is 33.0 Å². The van der Waals surface area contributed by atoms with Crippen molar-refractivity contribution >= 4 is 39.2 Å². The maximum Gasteiger partial charge on any atom is 0.264 e. The van der Waals surface area contributed by atoms with Crippen LogP contribution in [-0.4, -0.2) is 33.7 Å². The molecule has 1 aromatic carbocycles. The van der Waals surface area contributed by atoms with Gasteiger partial charge in [0.25, 0.3) is 11.5 Å². The number of benzene rings is 1. The largest absolute Gasteiger partial charge is 0.337 e. The Kier molecular flexibility index (Phi) is 4.82. The molecular weight excluding hydrogens is 378 g/mol. The highest BCUT2D eigenvalue weighted by atomic mass is 32.2. The van der Waals surface area contributed by atoms with Crippen LogP contribution < -0.4 is 5.56 Å². The molecule has 5 nitrogen and oxygen atoms in total. The summed E-state index contributed by atoms with van der Waals surface area (Å²) in [5.74, 6) is 0.781. The number of carbonyl (C=O) groups excluding carboxylic acids is 1. The van der Waals surface area contributed by atoms with Crippen LogP contribution in [0.3, 0.4) is 0 Å². The molecule has 0 bridgehead atoms. The van der Waals surface area contributed by atoms with E-state index < -0.39 is 0 Å². The van der Waals surface area contributed by atoms with Crippen molar-refractivity contribution in [1.29, 1.82) is 0 Å². The minimum absolute atomic E-state index is 0.00407. The molecule has 7 heteroatoms. The molecule has 27 heavy (non-hydrogen) atoms. The topological polar surface area (TPSA) is 55.2 Å². The van der Waals surface area contributed by atoms with Crippen molar-refractivity contribution in [2.24, 2.45) is 0 Å². The third-order valence-corrected chi connectivity index (χ3v) is 6.95. The van der Waals surface area contributed by atoms with Crippen LogP contribution in [0.25, 0.3) is 10.2 Å². The predicted octanol–water partition coefficient (Wildman–Crippen LogP) is 3.71. The number of rotatable bonds is 4. The van der Waals surface area contributed by atoms with Gasteiger partial charge in [-0.3, -0.25) is 14.2 Å². The molecule has 3 aromatic rings. The average Bonchev–Trinajstić information content (AvgIpc) is 3.27. The molecule has 0 radical (unpaired) electrons. The normalized spacial score (nSPS) is 13.1. The summed E-state index contributed by atoms with van der Waals surface area (Å²) in [6, 6.07) is 8.22. The lowest BCUT2D eigenvalue weighted by molar-refractivity contribution is 0.0789. The molecule has 0 unspecified atom stereocenters. The summed E-state index contributed by atoms with van der Waals surface area (Å²) >= 11 is 3.03. The first-order chi connectivity index (χ1) is 13.0. The van der Waals surface area contributed by atoms with E-state index in [0.717, 1.165) is 36.3 Å². The van der Waals surface area contributed by atoms with Crippen molar-refractivity contribution in [2.75, 3.05) is 13.3 Å². The highest BCUT2D eigenvalue weighted by Gasteiger charge is 2.24. The first-order valence-electron chi connectivity index (χ1n) is 8.91. The fraction of sp³-hybridized carbons (Fsp3) is 0.350. The lowest BCUT2D eigenvalue weighted by Crippen LogP contribution is -2.26. The lowest BCUT2D eigenvalue weighted by atomic mass is 10.2. The van der Waals surface area contributed by atoms with Crippen molar-refractivity contribution in [3.05, 3.63) is 56.4 Å². The molecule has 3 heterocycles. The van der Waals surface area contributed by atoms with Crippen molar-refractivity contribution in [1.82, 2.24) is 14.5 Å². The summed E-state index contributed by atoms with van der Waals surface area (Å²) < 4.78 is 1.76. The van der Waals surface area contributed by atoms with Gasteiger partial charge in [-0.2, -0.15) is 0 Å². The molecule has 0 atom stereocenters. The molecule has 0 spiro atoms. The molecule has 0 saturated carbocycles. The van der Waals surface area contributed by atoms with Crippen molar-refractivity contribution < 1.29 is 4.79 Å². The Hall–Kier alpha value is -2.12. The second-order valence-corrected chi connectivity index (χ2v) is 8.71. The van der Waals surface area contributed by atoms with Crippen LogP contribution in [-0.2, 0) is 19.5 Å². The van der Waals surface area contributed by atoms with Gasteiger partial charge in [0.1, 0.15) is 10.7 Å². The Labute approximate surface area is 166 Å². The molecular formula is C20H21N3O2S2. The average molecular weight is 400 g/mol. The lowest BCUT2D eigenvalue weighted by Gasteiger charge is -2.17. The van der Waals surface area contributed by atoms with Crippen molar-refractivity contribution in [3.63, 3.8) is 0 Å². The monoisotopic (exact) mass is 399 g/mol. The first-order valence-corrected chi connectivity index (χ1v) is 10.9. The van der Waals surface area contributed by atoms with Gasteiger partial charge in [-0.05, 0) is 42.9 Å². The highest BCUT2D eigenvalue weighted by Crippen LogP contribution is 2.29. The van der Waals surface area contributed by atoms with Crippen molar-refractivity contribution in [3.8, 4) is 0 Å². The molecule has 0 fully saturated rings. The smallest absolute Gasteiger partial charge is 0.264 e. The van der Waals surface area contributed by atoms with Crippen LogP contribution in [0, 0.1) is 6.92 Å². The Morgan fingerprint density at radius 2 is 2.07 bits per heavy atom. The Morgan fingerprint density at radius 3 is 2.78 bits per heavy atom. The van der Waals surface area contributed by atoms with Gasteiger partial charge < -0.3 is 4.90 Å². The van der Waals surface area contributed by atoms with Gasteiger partial charge in [0.05, 0.1) is 10.3 Å². The Morgan fingerprint density at radius 1 is 1.33 bits per heavy atom. The zero-order valence-corrected chi connectivity index (χ0v) is 17.2. The van der Waals surface area contributed by atoms with Gasteiger partial charge >= 0.3 is 0 Å². The number of aromatic nitrogens is 2. The quantitative estimate of drug-likeness (QED) is 0.628. The maximum absolute atomic E-state index is 13.0. The van der Waals surface area contributed by atoms with E-state index in [1.165, 1.54) is 16.2 Å². The van der Waals surface area contributed by atoms with Gasteiger partial charge in [0.15, 0.2) is 0 Å². The van der Waals surface area contributed by atoms with Gasteiger partial charge in [0.2, 0.25) is 0 Å². The summed E-state index contributed by atoms with van der Waals surface area (Å²) in [6.45, 7) is 3.11. The van der Waals surface area contributed by atoms with Crippen LogP contribution in [0.2, 0.25) is 0 Å². The fourth-order valence-corrected chi connectivity index (χ4v) is 5.12. The van der Waals surface area contributed by atoms with Gasteiger partial charge in [-0.1, -0.05) is 12.1 Å². The van der Waals surface area contributed by atoms with Gasteiger partial charge in [-0.15, -0.1) is 23.1 Å². The van der Waals surface area contributed by atoms with Crippen LogP contribution in [0.5, 0.6) is 0 Å².